The number of aliphatic hydroxyl groups is 1. The second kappa shape index (κ2) is 10.4. The van der Waals surface area contributed by atoms with Gasteiger partial charge in [-0.15, -0.1) is 0 Å². The molecular formula is C14H26N4O2. The highest BCUT2D eigenvalue weighted by atomic mass is 16.5. The van der Waals surface area contributed by atoms with Gasteiger partial charge < -0.3 is 20.5 Å². The first-order chi connectivity index (χ1) is 9.80. The first-order valence-electron chi connectivity index (χ1n) is 7.25. The molecule has 0 spiro atoms. The highest BCUT2D eigenvalue weighted by Crippen LogP contribution is 2.12. The molecule has 0 saturated heterocycles. The summed E-state index contributed by atoms with van der Waals surface area (Å²) in [4.78, 5) is 8.78. The van der Waals surface area contributed by atoms with Crippen LogP contribution in [0.3, 0.4) is 0 Å². The van der Waals surface area contributed by atoms with Crippen LogP contribution in [-0.4, -0.2) is 41.9 Å². The molecule has 0 radical (unpaired) electrons. The van der Waals surface area contributed by atoms with Crippen LogP contribution in [-0.2, 0) is 11.3 Å². The lowest BCUT2D eigenvalue weighted by Crippen LogP contribution is -2.09. The summed E-state index contributed by atoms with van der Waals surface area (Å²) in [6.45, 7) is 4.42. The topological polar surface area (TPSA) is 79.3 Å². The number of unbranched alkanes of at least 4 members (excludes halogenated alkanes) is 3. The highest BCUT2D eigenvalue weighted by molar-refractivity contribution is 5.47. The normalized spacial score (nSPS) is 10.6. The summed E-state index contributed by atoms with van der Waals surface area (Å²) in [5, 5.41) is 15.2. The van der Waals surface area contributed by atoms with Gasteiger partial charge in [0.05, 0.1) is 0 Å². The van der Waals surface area contributed by atoms with Crippen molar-refractivity contribution >= 4 is 11.6 Å². The van der Waals surface area contributed by atoms with E-state index in [0.29, 0.717) is 12.4 Å². The fourth-order valence-electron chi connectivity index (χ4n) is 1.86. The maximum Gasteiger partial charge on any atom is 0.158 e. The van der Waals surface area contributed by atoms with Crippen LogP contribution in [0.1, 0.15) is 38.4 Å². The van der Waals surface area contributed by atoms with Gasteiger partial charge in [0.2, 0.25) is 0 Å². The van der Waals surface area contributed by atoms with Crippen LogP contribution < -0.4 is 10.6 Å². The Balaban J connectivity index is 2.46. The third kappa shape index (κ3) is 6.68. The van der Waals surface area contributed by atoms with Gasteiger partial charge in [-0.05, 0) is 19.8 Å². The lowest BCUT2D eigenvalue weighted by Gasteiger charge is -2.10. The van der Waals surface area contributed by atoms with Crippen LogP contribution in [0.5, 0.6) is 0 Å². The van der Waals surface area contributed by atoms with Crippen LogP contribution in [0.2, 0.25) is 0 Å². The van der Waals surface area contributed by atoms with Crippen molar-refractivity contribution in [1.82, 2.24) is 9.97 Å². The van der Waals surface area contributed by atoms with E-state index in [-0.39, 0.29) is 6.61 Å². The minimum atomic E-state index is 0.283. The molecule has 0 unspecified atom stereocenters. The number of ether oxygens (including phenoxy) is 1. The van der Waals surface area contributed by atoms with E-state index >= 15 is 0 Å². The van der Waals surface area contributed by atoms with E-state index in [2.05, 4.69) is 20.6 Å². The molecule has 1 aromatic heterocycles. The van der Waals surface area contributed by atoms with Crippen LogP contribution in [0, 0.1) is 0 Å². The maximum atomic E-state index is 8.71. The van der Waals surface area contributed by atoms with Crippen LogP contribution in [0.15, 0.2) is 6.07 Å². The number of aliphatic hydroxyl groups excluding tert-OH is 1. The molecule has 0 aliphatic rings. The summed E-state index contributed by atoms with van der Waals surface area (Å²) in [7, 11) is 1.64. The quantitative estimate of drug-likeness (QED) is 0.539. The average Bonchev–Trinajstić information content (AvgIpc) is 2.43. The van der Waals surface area contributed by atoms with Crippen molar-refractivity contribution in [1.29, 1.82) is 0 Å². The minimum absolute atomic E-state index is 0.283. The number of aromatic nitrogens is 2. The van der Waals surface area contributed by atoms with Crippen LogP contribution in [0.25, 0.3) is 0 Å². The molecule has 6 heteroatoms. The number of hydrogen-bond acceptors (Lipinski definition) is 6. The molecule has 114 valence electrons. The van der Waals surface area contributed by atoms with Crippen molar-refractivity contribution in [3.8, 4) is 0 Å². The first-order valence-corrected chi connectivity index (χ1v) is 7.25. The standard InChI is InChI=1S/C14H26N4O2/c1-3-15-12-10-13(18-14(17-12)11-20-2)16-8-6-4-5-7-9-19/h10,19H,3-9,11H2,1-2H3,(H2,15,16,17,18). The van der Waals surface area contributed by atoms with Crippen LogP contribution >= 0.6 is 0 Å². The number of methoxy groups -OCH3 is 1. The largest absolute Gasteiger partial charge is 0.396 e. The Labute approximate surface area is 121 Å². The third-order valence-electron chi connectivity index (χ3n) is 2.79. The lowest BCUT2D eigenvalue weighted by atomic mass is 10.2. The highest BCUT2D eigenvalue weighted by Gasteiger charge is 2.03. The van der Waals surface area contributed by atoms with Crippen LogP contribution in [0.4, 0.5) is 11.6 Å². The Bertz CT molecular complexity index is 350. The molecule has 0 fully saturated rings. The molecule has 0 bridgehead atoms. The molecule has 0 aliphatic carbocycles. The smallest absolute Gasteiger partial charge is 0.158 e. The van der Waals surface area contributed by atoms with Gasteiger partial charge in [0, 0.05) is 32.9 Å². The SMILES string of the molecule is CCNc1cc(NCCCCCCO)nc(COC)n1. The van der Waals surface area contributed by atoms with E-state index in [1.54, 1.807) is 7.11 Å². The van der Waals surface area contributed by atoms with Gasteiger partial charge in [-0.25, -0.2) is 9.97 Å². The summed E-state index contributed by atoms with van der Waals surface area (Å²) in [5.41, 5.74) is 0. The zero-order valence-corrected chi connectivity index (χ0v) is 12.5. The van der Waals surface area contributed by atoms with Crippen molar-refractivity contribution in [3.05, 3.63) is 11.9 Å². The molecule has 0 aromatic carbocycles. The van der Waals surface area contributed by atoms with Gasteiger partial charge in [0.15, 0.2) is 5.82 Å². The van der Waals surface area contributed by atoms with E-state index in [1.807, 2.05) is 13.0 Å². The number of rotatable bonds is 11. The minimum Gasteiger partial charge on any atom is -0.396 e. The van der Waals surface area contributed by atoms with Crippen molar-refractivity contribution in [2.75, 3.05) is 37.4 Å². The van der Waals surface area contributed by atoms with Crippen molar-refractivity contribution < 1.29 is 9.84 Å². The molecule has 1 aromatic rings. The van der Waals surface area contributed by atoms with Gasteiger partial charge in [0.1, 0.15) is 18.2 Å². The van der Waals surface area contributed by atoms with Gasteiger partial charge in [-0.2, -0.15) is 0 Å². The summed E-state index contributed by atoms with van der Waals surface area (Å²) in [6.07, 6.45) is 4.14. The van der Waals surface area contributed by atoms with E-state index in [0.717, 1.165) is 50.4 Å². The van der Waals surface area contributed by atoms with Gasteiger partial charge >= 0.3 is 0 Å². The third-order valence-corrected chi connectivity index (χ3v) is 2.79. The molecule has 3 N–H and O–H groups in total. The Morgan fingerprint density at radius 1 is 1.10 bits per heavy atom. The second-order valence-electron chi connectivity index (χ2n) is 4.58. The van der Waals surface area contributed by atoms with Gasteiger partial charge in [-0.1, -0.05) is 12.8 Å². The Morgan fingerprint density at radius 2 is 1.80 bits per heavy atom. The Hall–Kier alpha value is -1.40. The molecule has 0 amide bonds. The first kappa shape index (κ1) is 16.7. The summed E-state index contributed by atoms with van der Waals surface area (Å²) in [6, 6.07) is 1.91. The van der Waals surface area contributed by atoms with E-state index < -0.39 is 0 Å². The Morgan fingerprint density at radius 3 is 2.45 bits per heavy atom. The monoisotopic (exact) mass is 282 g/mol. The number of nitrogens with zero attached hydrogens (tertiary/aromatic N) is 2. The predicted molar refractivity (Wildman–Crippen MR) is 81.0 cm³/mol. The fraction of sp³-hybridized carbons (Fsp3) is 0.714. The zero-order chi connectivity index (χ0) is 14.6. The molecule has 20 heavy (non-hydrogen) atoms. The average molecular weight is 282 g/mol. The molecule has 0 saturated carbocycles. The summed E-state index contributed by atoms with van der Waals surface area (Å²) < 4.78 is 5.08. The van der Waals surface area contributed by atoms with Crippen molar-refractivity contribution in [2.24, 2.45) is 0 Å². The second-order valence-corrected chi connectivity index (χ2v) is 4.58. The lowest BCUT2D eigenvalue weighted by molar-refractivity contribution is 0.178. The van der Waals surface area contributed by atoms with Crippen molar-refractivity contribution in [3.63, 3.8) is 0 Å². The molecule has 0 atom stereocenters. The van der Waals surface area contributed by atoms with Crippen molar-refractivity contribution in [2.45, 2.75) is 39.2 Å². The van der Waals surface area contributed by atoms with Gasteiger partial charge in [0.25, 0.3) is 0 Å². The van der Waals surface area contributed by atoms with E-state index in [1.165, 1.54) is 0 Å². The fourth-order valence-corrected chi connectivity index (χ4v) is 1.86. The number of nitrogens with one attached hydrogen (secondary N) is 2. The molecule has 1 heterocycles. The molecular weight excluding hydrogens is 256 g/mol. The number of hydrogen-bond donors (Lipinski definition) is 3. The van der Waals surface area contributed by atoms with E-state index in [9.17, 15) is 0 Å². The predicted octanol–water partition coefficient (Wildman–Crippen LogP) is 2.02. The molecule has 6 nitrogen and oxygen atoms in total. The summed E-state index contributed by atoms with van der Waals surface area (Å²) in [5.74, 6) is 2.32. The van der Waals surface area contributed by atoms with Gasteiger partial charge in [-0.3, -0.25) is 0 Å². The van der Waals surface area contributed by atoms with E-state index in [4.69, 9.17) is 9.84 Å². The molecule has 1 rings (SSSR count). The zero-order valence-electron chi connectivity index (χ0n) is 12.5. The number of anilines is 2. The maximum absolute atomic E-state index is 8.71. The molecule has 0 aliphatic heterocycles. The Kier molecular flexibility index (Phi) is 8.66. The summed E-state index contributed by atoms with van der Waals surface area (Å²) >= 11 is 0.